The highest BCUT2D eigenvalue weighted by Crippen LogP contribution is 2.46. The average Bonchev–Trinajstić information content (AvgIpc) is 3.29. The first-order valence-electron chi connectivity index (χ1n) is 14.9. The molecule has 0 spiro atoms. The molecule has 3 heterocycles. The molecule has 2 fully saturated rings. The lowest BCUT2D eigenvalue weighted by atomic mass is 9.99. The van der Waals surface area contributed by atoms with Crippen molar-refractivity contribution in [3.8, 4) is 0 Å². The lowest BCUT2D eigenvalue weighted by molar-refractivity contribution is -0.141. The Hall–Kier alpha value is -2.88. The van der Waals surface area contributed by atoms with Gasteiger partial charge in [-0.25, -0.2) is 17.9 Å². The van der Waals surface area contributed by atoms with E-state index in [-0.39, 0.29) is 57.9 Å². The number of ether oxygens (including phenoxy) is 2. The summed E-state index contributed by atoms with van der Waals surface area (Å²) in [6.45, 7) is 5.89. The number of rotatable bonds is 7. The van der Waals surface area contributed by atoms with Crippen molar-refractivity contribution >= 4 is 74.8 Å². The Labute approximate surface area is 281 Å². The number of carbonyl (C=O) groups is 5. The van der Waals surface area contributed by atoms with Crippen molar-refractivity contribution in [3.63, 3.8) is 0 Å². The second-order valence-electron chi connectivity index (χ2n) is 12.9. The Bertz CT molecular complexity index is 1490. The zero-order valence-electron chi connectivity index (χ0n) is 25.7. The summed E-state index contributed by atoms with van der Waals surface area (Å²) in [5.41, 5.74) is -1.95. The van der Waals surface area contributed by atoms with Gasteiger partial charge >= 0.3 is 6.09 Å². The number of sulfonamides is 1. The molecule has 1 aliphatic carbocycles. The van der Waals surface area contributed by atoms with Gasteiger partial charge in [-0.2, -0.15) is 0 Å². The Balaban J connectivity index is 1.61. The summed E-state index contributed by atoms with van der Waals surface area (Å²) >= 11 is 12.8. The number of amides is 4. The van der Waals surface area contributed by atoms with Gasteiger partial charge in [0, 0.05) is 12.3 Å². The number of nitrogens with one attached hydrogen (secondary N) is 3. The first kappa shape index (κ1) is 36.0. The highest BCUT2D eigenvalue weighted by Gasteiger charge is 2.61. The second-order valence-corrected chi connectivity index (χ2v) is 16.8. The molecule has 1 saturated heterocycles. The van der Waals surface area contributed by atoms with E-state index in [9.17, 15) is 32.4 Å². The zero-order chi connectivity index (χ0) is 33.9. The number of carbonyl (C=O) groups excluding carboxylic acids is 5. The molecule has 3 N–H and O–H groups in total. The maximum absolute atomic E-state index is 13.9. The fourth-order valence-corrected chi connectivity index (χ4v) is 8.69. The summed E-state index contributed by atoms with van der Waals surface area (Å²) in [5, 5.41) is 5.34. The summed E-state index contributed by atoms with van der Waals surface area (Å²) in [7, 11) is -4.45. The second kappa shape index (κ2) is 14.5. The molecule has 0 bridgehead atoms. The standard InChI is InChI=1S/C29H38Cl2N4O9S2/c1-28(2,3)15-43-27(40)32-19-10-8-6-4-5-7-9-17-13-29(17,26(39)34-46(41,42)21-12-22(30)45-23(21)31)33-24(37)20-11-18(44-16-36)14-35(20)25(19)38/h7,9,12,16-20H,4-6,8,10-11,13-15H2,1-3H3,(H,32,40)(H,33,37)(H,34,39)/b9-7-/t17-,18-,19+,20+,29-/m1/s1. The monoisotopic (exact) mass is 720 g/mol. The molecule has 13 nitrogen and oxygen atoms in total. The number of halogens is 2. The third-order valence-electron chi connectivity index (χ3n) is 7.96. The number of nitrogens with zero attached hydrogens (tertiary/aromatic N) is 1. The third-order valence-corrected chi connectivity index (χ3v) is 11.0. The largest absolute Gasteiger partial charge is 0.463 e. The van der Waals surface area contributed by atoms with Crippen molar-refractivity contribution < 1.29 is 41.9 Å². The molecule has 4 amide bonds. The molecule has 1 aromatic rings. The Kier molecular flexibility index (Phi) is 11.3. The van der Waals surface area contributed by atoms with Gasteiger partial charge in [0.2, 0.25) is 11.8 Å². The minimum absolute atomic E-state index is 0.0724. The van der Waals surface area contributed by atoms with E-state index in [1.165, 1.54) is 4.90 Å². The van der Waals surface area contributed by atoms with Gasteiger partial charge in [-0.05, 0) is 37.2 Å². The van der Waals surface area contributed by atoms with Crippen LogP contribution in [0.15, 0.2) is 23.1 Å². The minimum Gasteiger partial charge on any atom is -0.463 e. The highest BCUT2D eigenvalue weighted by molar-refractivity contribution is 7.90. The molecule has 0 radical (unpaired) electrons. The van der Waals surface area contributed by atoms with Crippen molar-refractivity contribution in [3.05, 3.63) is 26.9 Å². The van der Waals surface area contributed by atoms with E-state index in [1.807, 2.05) is 31.6 Å². The Morgan fingerprint density at radius 1 is 1.22 bits per heavy atom. The van der Waals surface area contributed by atoms with Crippen LogP contribution in [0.4, 0.5) is 4.79 Å². The number of thiophene rings is 1. The van der Waals surface area contributed by atoms with Crippen LogP contribution in [0.3, 0.4) is 0 Å². The minimum atomic E-state index is -4.45. The maximum Gasteiger partial charge on any atom is 0.407 e. The number of allylic oxidation sites excluding steroid dienone is 1. The van der Waals surface area contributed by atoms with E-state index in [0.29, 0.717) is 12.8 Å². The number of hydrogen-bond donors (Lipinski definition) is 3. The molecule has 1 saturated carbocycles. The van der Waals surface area contributed by atoms with Crippen LogP contribution in [0.5, 0.6) is 0 Å². The van der Waals surface area contributed by atoms with Crippen LogP contribution in [-0.2, 0) is 38.7 Å². The molecular weight excluding hydrogens is 683 g/mol. The molecule has 17 heteroatoms. The van der Waals surface area contributed by atoms with E-state index in [0.717, 1.165) is 30.2 Å². The van der Waals surface area contributed by atoms with E-state index >= 15 is 0 Å². The Morgan fingerprint density at radius 3 is 2.61 bits per heavy atom. The quantitative estimate of drug-likeness (QED) is 0.281. The van der Waals surface area contributed by atoms with E-state index in [4.69, 9.17) is 32.7 Å². The van der Waals surface area contributed by atoms with Gasteiger partial charge in [0.25, 0.3) is 22.4 Å². The van der Waals surface area contributed by atoms with Gasteiger partial charge in [0.05, 0.1) is 17.5 Å². The molecule has 46 heavy (non-hydrogen) atoms. The highest BCUT2D eigenvalue weighted by atomic mass is 35.5. The first-order valence-corrected chi connectivity index (χ1v) is 18.0. The molecule has 3 aliphatic rings. The van der Waals surface area contributed by atoms with Gasteiger partial charge in [-0.3, -0.25) is 19.2 Å². The van der Waals surface area contributed by atoms with Crippen LogP contribution in [0, 0.1) is 11.3 Å². The molecule has 1 aromatic heterocycles. The van der Waals surface area contributed by atoms with Gasteiger partial charge in [-0.15, -0.1) is 11.3 Å². The van der Waals surface area contributed by atoms with Crippen LogP contribution in [0.25, 0.3) is 0 Å². The summed E-state index contributed by atoms with van der Waals surface area (Å²) in [6, 6.07) is -1.09. The van der Waals surface area contributed by atoms with Gasteiger partial charge in [0.15, 0.2) is 0 Å². The van der Waals surface area contributed by atoms with Gasteiger partial charge in [-0.1, -0.05) is 69.0 Å². The summed E-state index contributed by atoms with van der Waals surface area (Å²) < 4.78 is 38.6. The smallest absolute Gasteiger partial charge is 0.407 e. The molecule has 0 unspecified atom stereocenters. The number of fused-ring (bicyclic) bond motifs is 2. The van der Waals surface area contributed by atoms with Crippen LogP contribution < -0.4 is 15.4 Å². The van der Waals surface area contributed by atoms with E-state index in [1.54, 1.807) is 6.08 Å². The number of hydrogen-bond acceptors (Lipinski definition) is 10. The van der Waals surface area contributed by atoms with Crippen molar-refractivity contribution in [2.45, 2.75) is 94.3 Å². The van der Waals surface area contributed by atoms with Crippen molar-refractivity contribution in [2.75, 3.05) is 13.2 Å². The fourth-order valence-electron chi connectivity index (χ4n) is 5.50. The fraction of sp³-hybridized carbons (Fsp3) is 0.621. The van der Waals surface area contributed by atoms with Crippen LogP contribution >= 0.6 is 34.5 Å². The predicted octanol–water partition coefficient (Wildman–Crippen LogP) is 3.54. The summed E-state index contributed by atoms with van der Waals surface area (Å²) in [6.07, 6.45) is 5.05. The van der Waals surface area contributed by atoms with Gasteiger partial charge in [0.1, 0.15) is 33.0 Å². The topological polar surface area (TPSA) is 177 Å². The normalized spacial score (nSPS) is 28.0. The summed E-state index contributed by atoms with van der Waals surface area (Å²) in [4.78, 5) is 66.1. The molecule has 254 valence electrons. The van der Waals surface area contributed by atoms with E-state index in [2.05, 4.69) is 10.6 Å². The average molecular weight is 722 g/mol. The zero-order valence-corrected chi connectivity index (χ0v) is 28.8. The van der Waals surface area contributed by atoms with Crippen LogP contribution in [0.2, 0.25) is 8.67 Å². The molecule has 5 atom stereocenters. The molecule has 4 rings (SSSR count). The summed E-state index contributed by atoms with van der Waals surface area (Å²) in [5.74, 6) is -2.82. The van der Waals surface area contributed by atoms with E-state index < -0.39 is 63.5 Å². The van der Waals surface area contributed by atoms with Crippen LogP contribution in [-0.4, -0.2) is 80.5 Å². The Morgan fingerprint density at radius 2 is 1.96 bits per heavy atom. The van der Waals surface area contributed by atoms with Crippen molar-refractivity contribution in [1.29, 1.82) is 0 Å². The lowest BCUT2D eigenvalue weighted by Gasteiger charge is -2.30. The SMILES string of the molecule is CC(C)(C)COC(=O)N[C@H]1CCCCC/C=C\[C@@H]2C[C@@]2(C(=O)NS(=O)(=O)c2cc(Cl)sc2Cl)NC(=O)[C@@H]2C[C@@H](OC=O)CN2C1=O. The third kappa shape index (κ3) is 8.72. The van der Waals surface area contributed by atoms with Crippen molar-refractivity contribution in [2.24, 2.45) is 11.3 Å². The number of alkyl carbamates (subject to hydrolysis) is 1. The molecule has 2 aliphatic heterocycles. The predicted molar refractivity (Wildman–Crippen MR) is 170 cm³/mol. The molecular formula is C29H38Cl2N4O9S2. The first-order chi connectivity index (χ1) is 21.6. The van der Waals surface area contributed by atoms with Crippen molar-refractivity contribution in [1.82, 2.24) is 20.3 Å². The maximum atomic E-state index is 13.9. The lowest BCUT2D eigenvalue weighted by Crippen LogP contribution is -2.58. The van der Waals surface area contributed by atoms with Gasteiger partial charge < -0.3 is 25.0 Å². The van der Waals surface area contributed by atoms with Crippen LogP contribution in [0.1, 0.15) is 65.7 Å². The molecule has 0 aromatic carbocycles.